The van der Waals surface area contributed by atoms with Gasteiger partial charge in [0.2, 0.25) is 17.7 Å². The largest absolute Gasteiger partial charge is 0.508 e. The van der Waals surface area contributed by atoms with E-state index in [-0.39, 0.29) is 24.4 Å². The summed E-state index contributed by atoms with van der Waals surface area (Å²) in [5.41, 5.74) is 4.15. The van der Waals surface area contributed by atoms with E-state index in [0.29, 0.717) is 67.8 Å². The van der Waals surface area contributed by atoms with Gasteiger partial charge in [0.25, 0.3) is 11.8 Å². The van der Waals surface area contributed by atoms with Gasteiger partial charge in [-0.3, -0.25) is 29.5 Å². The van der Waals surface area contributed by atoms with Crippen molar-refractivity contribution in [3.63, 3.8) is 0 Å². The molecule has 10 rings (SSSR count). The van der Waals surface area contributed by atoms with Crippen LogP contribution in [-0.4, -0.2) is 43.7 Å². The number of anilines is 2. The molecule has 4 heterocycles. The van der Waals surface area contributed by atoms with E-state index < -0.39 is 75.4 Å². The van der Waals surface area contributed by atoms with E-state index in [9.17, 15) is 32.7 Å². The van der Waals surface area contributed by atoms with Gasteiger partial charge in [-0.25, -0.2) is 9.97 Å². The van der Waals surface area contributed by atoms with Gasteiger partial charge in [0.05, 0.1) is 39.4 Å². The topological polar surface area (TPSA) is 146 Å². The molecular weight excluding hydrogens is 846 g/mol. The number of aromatic hydroxyl groups is 1. The molecule has 2 aliphatic carbocycles. The maximum Gasteiger partial charge on any atom is 0.417 e. The van der Waals surface area contributed by atoms with Crippen LogP contribution in [0.3, 0.4) is 0 Å². The van der Waals surface area contributed by atoms with Crippen LogP contribution in [0.2, 0.25) is 10.0 Å². The molecule has 16 heteroatoms. The number of oxazole rings is 1. The highest BCUT2D eigenvalue weighted by molar-refractivity contribution is 6.33. The minimum Gasteiger partial charge on any atom is -0.508 e. The van der Waals surface area contributed by atoms with Gasteiger partial charge in [-0.15, -0.1) is 0 Å². The number of carbonyl (C=O) groups excluding carboxylic acids is 4. The number of amides is 4. The zero-order valence-corrected chi connectivity index (χ0v) is 33.9. The molecule has 1 saturated carbocycles. The first-order valence-corrected chi connectivity index (χ1v) is 20.4. The molecule has 0 radical (unpaired) electrons. The van der Waals surface area contributed by atoms with Crippen molar-refractivity contribution < 1.29 is 41.9 Å². The summed E-state index contributed by atoms with van der Waals surface area (Å²) in [5.74, 6) is -6.92. The Hall–Kier alpha value is -6.51. The standard InChI is InChI=1S/C46H32Cl2F3N5O6/c1-22-18-24(8-17-35(22)57)38-29-15-16-30-37(43(60)55(41(30)58)28-13-6-23(7-14-28)40-53-34-4-2-3-5-36(34)62-40)31(29)20-32-42(59)56(44(61)45(32,38)25-9-11-27(47)12-10-25)54-39-33(48)19-26(21-52-39)46(49,50)51/h2-15,17-19,21,30-32,37-38,57H,16,20H2,1H3,(H,52,54)/t30-,31+,32-,37-,38-,45+/m0/s1. The third-order valence-corrected chi connectivity index (χ3v) is 13.3. The van der Waals surface area contributed by atoms with E-state index >= 15 is 4.79 Å². The summed E-state index contributed by atoms with van der Waals surface area (Å²) in [6.07, 6.45) is -2.23. The average molecular weight is 879 g/mol. The second-order valence-corrected chi connectivity index (χ2v) is 16.9. The van der Waals surface area contributed by atoms with Gasteiger partial charge < -0.3 is 9.52 Å². The summed E-state index contributed by atoms with van der Waals surface area (Å²) in [6, 6.07) is 26.1. The van der Waals surface area contributed by atoms with Gasteiger partial charge in [0.15, 0.2) is 11.4 Å². The Morgan fingerprint density at radius 1 is 0.887 bits per heavy atom. The number of alkyl halides is 3. The number of carbonyl (C=O) groups is 4. The van der Waals surface area contributed by atoms with Crippen LogP contribution in [-0.2, 0) is 30.8 Å². The van der Waals surface area contributed by atoms with E-state index in [1.165, 1.54) is 11.0 Å². The molecule has 2 aliphatic heterocycles. The Labute approximate surface area is 360 Å². The number of hydrogen-bond acceptors (Lipinski definition) is 9. The summed E-state index contributed by atoms with van der Waals surface area (Å²) in [7, 11) is 0. The molecule has 0 unspecified atom stereocenters. The number of nitrogens with zero attached hydrogens (tertiary/aromatic N) is 4. The molecule has 4 aromatic carbocycles. The number of allylic oxidation sites excluding steroid dienone is 2. The fourth-order valence-corrected chi connectivity index (χ4v) is 10.4. The number of aryl methyl sites for hydroxylation is 1. The van der Waals surface area contributed by atoms with Crippen molar-refractivity contribution >= 4 is 69.4 Å². The zero-order chi connectivity index (χ0) is 43.4. The molecule has 4 aliphatic rings. The minimum atomic E-state index is -4.76. The molecule has 62 heavy (non-hydrogen) atoms. The molecule has 0 bridgehead atoms. The van der Waals surface area contributed by atoms with Crippen molar-refractivity contribution in [3.8, 4) is 17.2 Å². The third-order valence-electron chi connectivity index (χ3n) is 12.8. The first kappa shape index (κ1) is 39.6. The number of imide groups is 2. The van der Waals surface area contributed by atoms with Crippen molar-refractivity contribution in [1.82, 2.24) is 15.0 Å². The number of para-hydroxylation sites is 2. The first-order chi connectivity index (χ1) is 29.7. The molecule has 2 N–H and O–H groups in total. The van der Waals surface area contributed by atoms with Gasteiger partial charge in [0.1, 0.15) is 11.3 Å². The number of phenols is 1. The maximum absolute atomic E-state index is 15.4. The normalized spacial score (nSPS) is 24.6. The van der Waals surface area contributed by atoms with Crippen LogP contribution in [0, 0.1) is 30.6 Å². The van der Waals surface area contributed by atoms with Gasteiger partial charge in [-0.05, 0) is 103 Å². The van der Waals surface area contributed by atoms with E-state index in [1.807, 2.05) is 24.3 Å². The summed E-state index contributed by atoms with van der Waals surface area (Å²) in [6.45, 7) is 1.69. The van der Waals surface area contributed by atoms with Crippen molar-refractivity contribution in [2.45, 2.75) is 37.3 Å². The average Bonchev–Trinajstić information content (AvgIpc) is 3.87. The molecule has 11 nitrogen and oxygen atoms in total. The Kier molecular flexibility index (Phi) is 9.12. The fraction of sp³-hybridized carbons (Fsp3) is 0.217. The number of nitrogens with one attached hydrogen (secondary N) is 1. The van der Waals surface area contributed by atoms with E-state index in [2.05, 4.69) is 15.4 Å². The molecule has 0 spiro atoms. The lowest BCUT2D eigenvalue weighted by Crippen LogP contribution is -2.53. The number of pyridine rings is 1. The number of fused-ring (bicyclic) bond motifs is 5. The number of benzene rings is 4. The van der Waals surface area contributed by atoms with Crippen LogP contribution < -0.4 is 10.3 Å². The molecule has 3 fully saturated rings. The number of phenolic OH excluding ortho intramolecular Hbond substituents is 1. The minimum absolute atomic E-state index is 0.00893. The highest BCUT2D eigenvalue weighted by Crippen LogP contribution is 2.64. The van der Waals surface area contributed by atoms with Crippen molar-refractivity contribution in [1.29, 1.82) is 0 Å². The molecule has 6 aromatic rings. The molecule has 6 atom stereocenters. The molecule has 4 amide bonds. The van der Waals surface area contributed by atoms with Crippen LogP contribution in [0.1, 0.15) is 41.0 Å². The van der Waals surface area contributed by atoms with Gasteiger partial charge >= 0.3 is 6.18 Å². The van der Waals surface area contributed by atoms with Crippen LogP contribution >= 0.6 is 23.2 Å². The Morgan fingerprint density at radius 3 is 2.32 bits per heavy atom. The predicted molar refractivity (Wildman–Crippen MR) is 222 cm³/mol. The lowest BCUT2D eigenvalue weighted by molar-refractivity contribution is -0.139. The van der Waals surface area contributed by atoms with Crippen LogP contribution in [0.15, 0.2) is 119 Å². The second-order valence-electron chi connectivity index (χ2n) is 16.0. The number of aromatic nitrogens is 2. The monoisotopic (exact) mass is 877 g/mol. The number of halogens is 5. The summed E-state index contributed by atoms with van der Waals surface area (Å²) >= 11 is 12.7. The van der Waals surface area contributed by atoms with Gasteiger partial charge in [-0.2, -0.15) is 18.2 Å². The lowest BCUT2D eigenvalue weighted by Gasteiger charge is -2.50. The van der Waals surface area contributed by atoms with Gasteiger partial charge in [0, 0.05) is 22.7 Å². The summed E-state index contributed by atoms with van der Waals surface area (Å²) in [5, 5.41) is 11.3. The van der Waals surface area contributed by atoms with Gasteiger partial charge in [-0.1, -0.05) is 71.2 Å². The number of hydrazine groups is 1. The summed E-state index contributed by atoms with van der Waals surface area (Å²) < 4.78 is 46.6. The molecule has 2 aromatic heterocycles. The smallest absolute Gasteiger partial charge is 0.417 e. The fourth-order valence-electron chi connectivity index (χ4n) is 10.0. The Bertz CT molecular complexity index is 2890. The van der Waals surface area contributed by atoms with E-state index in [0.717, 1.165) is 5.01 Å². The quantitative estimate of drug-likeness (QED) is 0.123. The highest BCUT2D eigenvalue weighted by Gasteiger charge is 2.70. The maximum atomic E-state index is 15.4. The second kappa shape index (κ2) is 14.3. The Morgan fingerprint density at radius 2 is 1.63 bits per heavy atom. The number of hydrogen-bond donors (Lipinski definition) is 2. The lowest BCUT2D eigenvalue weighted by atomic mass is 9.49. The Balaban J connectivity index is 1.07. The molecule has 312 valence electrons. The molecular formula is C46H32Cl2F3N5O6. The summed E-state index contributed by atoms with van der Waals surface area (Å²) in [4.78, 5) is 69.1. The van der Waals surface area contributed by atoms with Crippen molar-refractivity contribution in [3.05, 3.63) is 147 Å². The molecule has 2 saturated heterocycles. The van der Waals surface area contributed by atoms with Crippen LogP contribution in [0.5, 0.6) is 5.75 Å². The predicted octanol–water partition coefficient (Wildman–Crippen LogP) is 9.42. The number of rotatable bonds is 6. The van der Waals surface area contributed by atoms with Crippen molar-refractivity contribution in [2.75, 3.05) is 10.3 Å². The highest BCUT2D eigenvalue weighted by atomic mass is 35.5. The van der Waals surface area contributed by atoms with Crippen molar-refractivity contribution in [2.24, 2.45) is 23.7 Å². The van der Waals surface area contributed by atoms with E-state index in [4.69, 9.17) is 27.6 Å². The third kappa shape index (κ3) is 5.94. The van der Waals surface area contributed by atoms with Crippen LogP contribution in [0.25, 0.3) is 22.6 Å². The SMILES string of the molecule is Cc1cc([C@H]2C3=CC[C@@H]4C(=O)N(c5ccc(-c6nc7ccccc7o6)cc5)C(=O)[C@@H]4[C@@H]3C[C@H]3C(=O)N(Nc4ncc(C(F)(F)F)cc4Cl)C(=O)[C@@]23c2ccc(Cl)cc2)ccc1O. The zero-order valence-electron chi connectivity index (χ0n) is 32.4. The van der Waals surface area contributed by atoms with E-state index in [1.54, 1.807) is 73.7 Å². The first-order valence-electron chi connectivity index (χ1n) is 19.6. The van der Waals surface area contributed by atoms with Crippen LogP contribution in [0.4, 0.5) is 24.7 Å².